The summed E-state index contributed by atoms with van der Waals surface area (Å²) in [5.74, 6) is -1.54. The number of allylic oxidation sites excluding steroid dienone is 2. The Hall–Kier alpha value is -0.270. The lowest BCUT2D eigenvalue weighted by Crippen LogP contribution is -2.41. The van der Waals surface area contributed by atoms with E-state index in [1.54, 1.807) is 0 Å². The van der Waals surface area contributed by atoms with Crippen molar-refractivity contribution in [1.29, 1.82) is 0 Å². The third-order valence-electron chi connectivity index (χ3n) is 5.25. The molecule has 130 valence electrons. The molecule has 2 heterocycles. The minimum Gasteiger partial charge on any atom is -0.225 e. The summed E-state index contributed by atoms with van der Waals surface area (Å²) in [5.41, 5.74) is 1.32. The standard InChI is InChI=1S/C14H27B2NO4S2/c1-4-13-9-7-11-15-16(12-8-10-13)23(20,21)17(22(15,18)19)14(5-2)6-3/h9,14H,4-8,10-12H2,1-3H3/b13-9+. The Morgan fingerprint density at radius 2 is 1.61 bits per heavy atom. The van der Waals surface area contributed by atoms with Crippen LogP contribution < -0.4 is 0 Å². The molecule has 0 amide bonds. The molecule has 0 bridgehead atoms. The van der Waals surface area contributed by atoms with Crippen LogP contribution >= 0.6 is 0 Å². The van der Waals surface area contributed by atoms with Gasteiger partial charge in [0.15, 0.2) is 19.7 Å². The number of hydrogen-bond acceptors (Lipinski definition) is 4. The maximum atomic E-state index is 13.0. The quantitative estimate of drug-likeness (QED) is 0.572. The molecule has 0 atom stereocenters. The van der Waals surface area contributed by atoms with Gasteiger partial charge in [0.1, 0.15) is 0 Å². The first-order valence-corrected chi connectivity index (χ1v) is 11.8. The molecular formula is C14H27B2NO4S2. The van der Waals surface area contributed by atoms with Gasteiger partial charge >= 0.3 is 11.8 Å². The van der Waals surface area contributed by atoms with E-state index in [9.17, 15) is 16.8 Å². The largest absolute Gasteiger partial charge is 0.302 e. The molecule has 0 saturated carbocycles. The summed E-state index contributed by atoms with van der Waals surface area (Å²) in [4.78, 5) is 0. The molecule has 0 spiro atoms. The van der Waals surface area contributed by atoms with Crippen LogP contribution in [0.25, 0.3) is 0 Å². The first-order chi connectivity index (χ1) is 10.8. The zero-order valence-corrected chi connectivity index (χ0v) is 16.0. The lowest BCUT2D eigenvalue weighted by Gasteiger charge is -2.25. The van der Waals surface area contributed by atoms with E-state index >= 15 is 0 Å². The van der Waals surface area contributed by atoms with Gasteiger partial charge in [0.25, 0.3) is 0 Å². The Kier molecular flexibility index (Phi) is 6.06. The van der Waals surface area contributed by atoms with E-state index in [-0.39, 0.29) is 0 Å². The second-order valence-electron chi connectivity index (χ2n) is 6.55. The van der Waals surface area contributed by atoms with Crippen LogP contribution in [0.5, 0.6) is 0 Å². The topological polar surface area (TPSA) is 71.5 Å². The molecule has 1 fully saturated rings. The number of fused-ring (bicyclic) bond motifs is 1. The van der Waals surface area contributed by atoms with Gasteiger partial charge in [-0.05, 0) is 32.1 Å². The van der Waals surface area contributed by atoms with Gasteiger partial charge in [-0.25, -0.2) is 16.8 Å². The minimum atomic E-state index is -3.78. The Balaban J connectivity index is 2.43. The predicted octanol–water partition coefficient (Wildman–Crippen LogP) is 2.73. The molecule has 0 aromatic heterocycles. The third kappa shape index (κ3) is 3.42. The monoisotopic (exact) mass is 359 g/mol. The van der Waals surface area contributed by atoms with Crippen LogP contribution in [0.1, 0.15) is 59.3 Å². The Labute approximate surface area is 141 Å². The van der Waals surface area contributed by atoms with Gasteiger partial charge in [0, 0.05) is 6.04 Å². The van der Waals surface area contributed by atoms with Crippen LogP contribution in [-0.2, 0) is 19.7 Å². The van der Waals surface area contributed by atoms with Crippen molar-refractivity contribution in [3.05, 3.63) is 11.6 Å². The highest BCUT2D eigenvalue weighted by molar-refractivity contribution is 8.46. The Morgan fingerprint density at radius 1 is 1.04 bits per heavy atom. The normalized spacial score (nSPS) is 27.0. The fourth-order valence-electron chi connectivity index (χ4n) is 3.87. The summed E-state index contributed by atoms with van der Waals surface area (Å²) >= 11 is 0. The van der Waals surface area contributed by atoms with Crippen LogP contribution in [0.15, 0.2) is 11.6 Å². The fraction of sp³-hybridized carbons (Fsp3) is 0.857. The second-order valence-corrected chi connectivity index (χ2v) is 10.8. The molecule has 2 rings (SSSR count). The molecule has 0 aliphatic carbocycles. The van der Waals surface area contributed by atoms with E-state index < -0.39 is 37.6 Å². The van der Waals surface area contributed by atoms with Crippen molar-refractivity contribution in [2.45, 2.75) is 78.0 Å². The molecule has 0 unspecified atom stereocenters. The zero-order chi connectivity index (χ0) is 17.3. The molecule has 0 N–H and O–H groups in total. The lowest BCUT2D eigenvalue weighted by molar-refractivity contribution is 0.415. The maximum Gasteiger partial charge on any atom is 0.302 e. The van der Waals surface area contributed by atoms with Crippen LogP contribution in [0.3, 0.4) is 0 Å². The van der Waals surface area contributed by atoms with E-state index in [0.29, 0.717) is 31.9 Å². The summed E-state index contributed by atoms with van der Waals surface area (Å²) < 4.78 is 52.7. The first kappa shape index (κ1) is 19.1. The van der Waals surface area contributed by atoms with Crippen LogP contribution in [0.2, 0.25) is 12.6 Å². The highest BCUT2D eigenvalue weighted by Gasteiger charge is 2.63. The molecule has 23 heavy (non-hydrogen) atoms. The number of rotatable bonds is 4. The summed E-state index contributed by atoms with van der Waals surface area (Å²) in [5, 5.41) is 0. The lowest BCUT2D eigenvalue weighted by atomic mass is 9.32. The van der Waals surface area contributed by atoms with Gasteiger partial charge in [-0.2, -0.15) is 0 Å². The van der Waals surface area contributed by atoms with Crippen LogP contribution in [0, 0.1) is 0 Å². The summed E-state index contributed by atoms with van der Waals surface area (Å²) in [6, 6.07) is -0.442. The van der Waals surface area contributed by atoms with Crippen molar-refractivity contribution < 1.29 is 16.8 Å². The maximum absolute atomic E-state index is 13.0. The van der Waals surface area contributed by atoms with Crippen molar-refractivity contribution in [2.75, 3.05) is 0 Å². The highest BCUT2D eigenvalue weighted by atomic mass is 32.3. The van der Waals surface area contributed by atoms with Crippen molar-refractivity contribution >= 4 is 31.5 Å². The average molecular weight is 359 g/mol. The summed E-state index contributed by atoms with van der Waals surface area (Å²) in [7, 11) is -7.56. The smallest absolute Gasteiger partial charge is 0.225 e. The van der Waals surface area contributed by atoms with Crippen LogP contribution in [-0.4, -0.2) is 38.4 Å². The van der Waals surface area contributed by atoms with E-state index in [4.69, 9.17) is 0 Å². The molecule has 1 saturated heterocycles. The summed E-state index contributed by atoms with van der Waals surface area (Å²) in [6.45, 7) is 5.79. The van der Waals surface area contributed by atoms with Crippen molar-refractivity contribution in [2.24, 2.45) is 0 Å². The molecule has 2 aliphatic heterocycles. The first-order valence-electron chi connectivity index (χ1n) is 8.75. The SMILES string of the molecule is CC/C1=C\CCB2B(CCC1)S(=O)(=O)N(C(CC)CC)S2(=O)=O. The molecule has 0 aromatic rings. The van der Waals surface area contributed by atoms with E-state index in [0.717, 1.165) is 23.0 Å². The Bertz CT molecular complexity index is 656. The fourth-order valence-corrected chi connectivity index (χ4v) is 10.4. The molecule has 9 heteroatoms. The van der Waals surface area contributed by atoms with E-state index in [1.165, 1.54) is 5.57 Å². The van der Waals surface area contributed by atoms with Gasteiger partial charge in [0.2, 0.25) is 0 Å². The van der Waals surface area contributed by atoms with Gasteiger partial charge in [-0.15, -0.1) is 3.71 Å². The molecule has 0 radical (unpaired) electrons. The third-order valence-corrected chi connectivity index (χ3v) is 10.9. The minimum absolute atomic E-state index is 0.409. The number of nitrogens with zero attached hydrogens (tertiary/aromatic N) is 1. The zero-order valence-electron chi connectivity index (χ0n) is 14.4. The highest BCUT2D eigenvalue weighted by Crippen LogP contribution is 2.37. The molecule has 0 aromatic carbocycles. The van der Waals surface area contributed by atoms with Gasteiger partial charge in [-0.3, -0.25) is 0 Å². The van der Waals surface area contributed by atoms with Crippen molar-refractivity contribution in [3.8, 4) is 0 Å². The molecular weight excluding hydrogens is 332 g/mol. The van der Waals surface area contributed by atoms with Crippen molar-refractivity contribution in [1.82, 2.24) is 3.71 Å². The van der Waals surface area contributed by atoms with Gasteiger partial charge < -0.3 is 0 Å². The van der Waals surface area contributed by atoms with Gasteiger partial charge in [-0.1, -0.05) is 51.5 Å². The predicted molar refractivity (Wildman–Crippen MR) is 97.4 cm³/mol. The Morgan fingerprint density at radius 3 is 2.13 bits per heavy atom. The van der Waals surface area contributed by atoms with E-state index in [2.05, 4.69) is 13.0 Å². The van der Waals surface area contributed by atoms with E-state index in [1.807, 2.05) is 13.8 Å². The van der Waals surface area contributed by atoms with Gasteiger partial charge in [0.05, 0.1) is 0 Å². The second kappa shape index (κ2) is 7.31. The van der Waals surface area contributed by atoms with Crippen molar-refractivity contribution in [3.63, 3.8) is 0 Å². The summed E-state index contributed by atoms with van der Waals surface area (Å²) in [6.07, 6.45) is 7.23. The van der Waals surface area contributed by atoms with Crippen LogP contribution in [0.4, 0.5) is 0 Å². The molecule has 2 aliphatic rings. The molecule has 5 nitrogen and oxygen atoms in total. The number of hydrogen-bond donors (Lipinski definition) is 0. The average Bonchev–Trinajstić information content (AvgIpc) is 2.72.